The molecule has 5 rings (SSSR count). The lowest BCUT2D eigenvalue weighted by Gasteiger charge is -2.37. The zero-order chi connectivity index (χ0) is 26.8. The van der Waals surface area contributed by atoms with E-state index in [0.717, 1.165) is 70.8 Å². The molecule has 0 spiro atoms. The predicted octanol–water partition coefficient (Wildman–Crippen LogP) is 3.58. The third-order valence-electron chi connectivity index (χ3n) is 7.60. The number of aliphatic hydroxyl groups is 1. The number of hydrogen-bond acceptors (Lipinski definition) is 6. The first kappa shape index (κ1) is 26.4. The number of piperazine rings is 1. The molecule has 38 heavy (non-hydrogen) atoms. The van der Waals surface area contributed by atoms with E-state index in [4.69, 9.17) is 5.10 Å². The average Bonchev–Trinajstić information content (AvgIpc) is 3.28. The molecule has 1 unspecified atom stereocenters. The molecule has 1 saturated heterocycles. The van der Waals surface area contributed by atoms with Crippen LogP contribution in [0.3, 0.4) is 0 Å². The lowest BCUT2D eigenvalue weighted by Crippen LogP contribution is -2.49. The first-order valence-electron chi connectivity index (χ1n) is 13.1. The number of rotatable bonds is 6. The number of aliphatic hydroxyl groups excluding tert-OH is 1. The molecule has 1 fully saturated rings. The van der Waals surface area contributed by atoms with Crippen LogP contribution in [0.2, 0.25) is 0 Å². The van der Waals surface area contributed by atoms with Crippen molar-refractivity contribution in [1.82, 2.24) is 19.6 Å². The van der Waals surface area contributed by atoms with Crippen molar-refractivity contribution < 1.29 is 9.90 Å². The Labute approximate surface area is 232 Å². The van der Waals surface area contributed by atoms with Crippen molar-refractivity contribution >= 4 is 27.5 Å². The minimum Gasteiger partial charge on any atom is -0.390 e. The van der Waals surface area contributed by atoms with Gasteiger partial charge in [-0.05, 0) is 36.8 Å². The summed E-state index contributed by atoms with van der Waals surface area (Å²) in [6.07, 6.45) is 0.156. The molecule has 2 aliphatic rings. The van der Waals surface area contributed by atoms with Crippen LogP contribution in [0.25, 0.3) is 11.3 Å². The van der Waals surface area contributed by atoms with Gasteiger partial charge in [0.05, 0.1) is 29.6 Å². The van der Waals surface area contributed by atoms with E-state index in [9.17, 15) is 15.2 Å². The summed E-state index contributed by atoms with van der Waals surface area (Å²) in [4.78, 5) is 18.5. The third-order valence-corrected chi connectivity index (χ3v) is 8.49. The maximum atomic E-state index is 12.1. The number of amides is 1. The topological polar surface area (TPSA) is 88.6 Å². The number of β-amino-alcohol motifs (C(OH)–C–C–N with tert-alkyl or cyclic N) is 1. The maximum absolute atomic E-state index is 12.1. The molecule has 0 aliphatic carbocycles. The molecule has 9 heteroatoms. The molecule has 1 amide bonds. The minimum atomic E-state index is -0.567. The number of aryl methyl sites for hydroxylation is 1. The van der Waals surface area contributed by atoms with Crippen LogP contribution in [0.4, 0.5) is 5.69 Å². The molecule has 2 aromatic carbocycles. The Bertz CT molecular complexity index is 1370. The van der Waals surface area contributed by atoms with Crippen molar-refractivity contribution in [3.63, 3.8) is 0 Å². The van der Waals surface area contributed by atoms with Gasteiger partial charge in [0, 0.05) is 80.5 Å². The molecule has 198 valence electrons. The smallest absolute Gasteiger partial charge is 0.219 e. The summed E-state index contributed by atoms with van der Waals surface area (Å²) in [5.74, 6) is 0.0675. The average molecular weight is 578 g/mol. The zero-order valence-electron chi connectivity index (χ0n) is 21.9. The van der Waals surface area contributed by atoms with Gasteiger partial charge in [-0.2, -0.15) is 10.4 Å². The van der Waals surface area contributed by atoms with Crippen LogP contribution < -0.4 is 4.90 Å². The Morgan fingerprint density at radius 1 is 1.13 bits per heavy atom. The van der Waals surface area contributed by atoms with Crippen LogP contribution in [-0.2, 0) is 24.3 Å². The van der Waals surface area contributed by atoms with E-state index < -0.39 is 6.10 Å². The Balaban J connectivity index is 1.29. The number of fused-ring (bicyclic) bond motifs is 1. The largest absolute Gasteiger partial charge is 0.390 e. The summed E-state index contributed by atoms with van der Waals surface area (Å²) in [7, 11) is 0. The van der Waals surface area contributed by atoms with E-state index in [1.807, 2.05) is 39.9 Å². The summed E-state index contributed by atoms with van der Waals surface area (Å²) in [5, 5.41) is 25.5. The van der Waals surface area contributed by atoms with Crippen molar-refractivity contribution in [3.8, 4) is 17.3 Å². The molecule has 3 heterocycles. The summed E-state index contributed by atoms with van der Waals surface area (Å²) < 4.78 is 3.01. The molecule has 1 aromatic heterocycles. The number of nitriles is 1. The van der Waals surface area contributed by atoms with Crippen molar-refractivity contribution in [2.24, 2.45) is 0 Å². The van der Waals surface area contributed by atoms with Crippen molar-refractivity contribution in [3.05, 3.63) is 69.3 Å². The number of carbonyl (C=O) groups excluding carboxylic acids is 1. The highest BCUT2D eigenvalue weighted by atomic mass is 79.9. The summed E-state index contributed by atoms with van der Waals surface area (Å²) in [6, 6.07) is 16.2. The van der Waals surface area contributed by atoms with Crippen molar-refractivity contribution in [2.45, 2.75) is 39.5 Å². The van der Waals surface area contributed by atoms with Crippen LogP contribution in [0.15, 0.2) is 46.9 Å². The second-order valence-corrected chi connectivity index (χ2v) is 11.0. The lowest BCUT2D eigenvalue weighted by atomic mass is 10.00. The van der Waals surface area contributed by atoms with E-state index in [2.05, 4.69) is 50.9 Å². The monoisotopic (exact) mass is 576 g/mol. The molecule has 0 radical (unpaired) electrons. The normalized spacial score (nSPS) is 16.7. The van der Waals surface area contributed by atoms with E-state index in [0.29, 0.717) is 31.7 Å². The van der Waals surface area contributed by atoms with Crippen molar-refractivity contribution in [1.29, 1.82) is 5.26 Å². The van der Waals surface area contributed by atoms with Crippen LogP contribution >= 0.6 is 15.9 Å². The second kappa shape index (κ2) is 11.3. The van der Waals surface area contributed by atoms with Crippen LogP contribution in [0.1, 0.15) is 29.3 Å². The molecular formula is C29H33BrN6O2. The maximum Gasteiger partial charge on any atom is 0.219 e. The third kappa shape index (κ3) is 5.48. The fourth-order valence-electron chi connectivity index (χ4n) is 5.51. The van der Waals surface area contributed by atoms with Gasteiger partial charge in [-0.25, -0.2) is 0 Å². The van der Waals surface area contributed by atoms with Gasteiger partial charge in [0.25, 0.3) is 0 Å². The molecule has 1 N–H and O–H groups in total. The highest BCUT2D eigenvalue weighted by Gasteiger charge is 2.28. The Kier molecular flexibility index (Phi) is 7.84. The summed E-state index contributed by atoms with van der Waals surface area (Å²) in [6.45, 7) is 9.13. The summed E-state index contributed by atoms with van der Waals surface area (Å²) >= 11 is 3.58. The molecule has 2 aliphatic heterocycles. The van der Waals surface area contributed by atoms with E-state index in [1.165, 1.54) is 0 Å². The van der Waals surface area contributed by atoms with Crippen LogP contribution in [-0.4, -0.2) is 76.0 Å². The fourth-order valence-corrected chi connectivity index (χ4v) is 5.75. The quantitative estimate of drug-likeness (QED) is 0.482. The van der Waals surface area contributed by atoms with Gasteiger partial charge in [-0.1, -0.05) is 34.1 Å². The number of para-hydroxylation sites is 1. The Hall–Kier alpha value is -3.19. The predicted molar refractivity (Wildman–Crippen MR) is 151 cm³/mol. The molecular weight excluding hydrogens is 544 g/mol. The van der Waals surface area contributed by atoms with Crippen LogP contribution in [0, 0.1) is 18.3 Å². The highest BCUT2D eigenvalue weighted by molar-refractivity contribution is 9.10. The van der Waals surface area contributed by atoms with Gasteiger partial charge in [0.15, 0.2) is 0 Å². The molecule has 3 aromatic rings. The molecule has 0 bridgehead atoms. The van der Waals surface area contributed by atoms with Gasteiger partial charge in [-0.3, -0.25) is 14.4 Å². The first-order valence-corrected chi connectivity index (χ1v) is 13.9. The first-order chi connectivity index (χ1) is 18.3. The second-order valence-electron chi connectivity index (χ2n) is 10.2. The Morgan fingerprint density at radius 3 is 2.61 bits per heavy atom. The standard InChI is InChI=1S/C29H33BrN6O2/c1-20-15-22(7-8-26(20)30)29-25-19-35(21(2)37)10-9-28(25)36(32-29)18-24(38)17-33-11-13-34(14-12-33)27-6-4-3-5-23(27)16-31/h3-8,15,24,38H,9-14,17-19H2,1-2H3. The number of benzene rings is 2. The number of aromatic nitrogens is 2. The zero-order valence-corrected chi connectivity index (χ0v) is 23.5. The Morgan fingerprint density at radius 2 is 1.89 bits per heavy atom. The minimum absolute atomic E-state index is 0.0675. The molecule has 0 saturated carbocycles. The van der Waals surface area contributed by atoms with Crippen LogP contribution in [0.5, 0.6) is 0 Å². The van der Waals surface area contributed by atoms with Gasteiger partial charge in [0.1, 0.15) is 6.07 Å². The van der Waals surface area contributed by atoms with Gasteiger partial charge in [0.2, 0.25) is 5.91 Å². The van der Waals surface area contributed by atoms with Gasteiger partial charge >= 0.3 is 0 Å². The molecule has 8 nitrogen and oxygen atoms in total. The number of hydrogen-bond donors (Lipinski definition) is 1. The van der Waals surface area contributed by atoms with E-state index in [1.54, 1.807) is 6.92 Å². The number of halogens is 1. The van der Waals surface area contributed by atoms with E-state index >= 15 is 0 Å². The fraction of sp³-hybridized carbons (Fsp3) is 0.414. The molecule has 1 atom stereocenters. The lowest BCUT2D eigenvalue weighted by molar-refractivity contribution is -0.129. The number of anilines is 1. The highest BCUT2D eigenvalue weighted by Crippen LogP contribution is 2.32. The SMILES string of the molecule is CC(=O)N1CCc2c(c(-c3ccc(Br)c(C)c3)nn2CC(O)CN2CCN(c3ccccc3C#N)CC2)C1. The summed E-state index contributed by atoms with van der Waals surface area (Å²) in [5.41, 5.74) is 6.90. The number of carbonyl (C=O) groups is 1. The number of nitrogens with zero attached hydrogens (tertiary/aromatic N) is 6. The van der Waals surface area contributed by atoms with E-state index in [-0.39, 0.29) is 5.91 Å². The van der Waals surface area contributed by atoms with Crippen molar-refractivity contribution in [2.75, 3.05) is 44.2 Å². The van der Waals surface area contributed by atoms with Gasteiger partial charge < -0.3 is 14.9 Å². The van der Waals surface area contributed by atoms with Gasteiger partial charge in [-0.15, -0.1) is 0 Å².